The molecule has 0 fully saturated rings. The molecule has 3 nitrogen and oxygen atoms in total. The second kappa shape index (κ2) is 7.97. The number of hydrogen-bond donors (Lipinski definition) is 0. The first-order valence-corrected chi connectivity index (χ1v) is 7.75. The summed E-state index contributed by atoms with van der Waals surface area (Å²) in [6.45, 7) is 2.08. The first kappa shape index (κ1) is 17.3. The molecule has 2 aromatic rings. The van der Waals surface area contributed by atoms with E-state index in [1.165, 1.54) is 6.07 Å². The number of rotatable bonds is 6. The van der Waals surface area contributed by atoms with Crippen molar-refractivity contribution in [2.45, 2.75) is 19.4 Å². The molecule has 2 rings (SSSR count). The Morgan fingerprint density at radius 1 is 1.22 bits per heavy atom. The van der Waals surface area contributed by atoms with Gasteiger partial charge in [-0.15, -0.1) is 0 Å². The highest BCUT2D eigenvalue weighted by atomic mass is 35.5. The smallest absolute Gasteiger partial charge is 0.226 e. The topological polar surface area (TPSA) is 29.5 Å². The van der Waals surface area contributed by atoms with E-state index in [1.54, 1.807) is 42.3 Å². The van der Waals surface area contributed by atoms with Crippen molar-refractivity contribution in [1.82, 2.24) is 4.90 Å². The van der Waals surface area contributed by atoms with E-state index < -0.39 is 5.82 Å². The third-order valence-corrected chi connectivity index (χ3v) is 3.99. The number of ether oxygens (including phenoxy) is 1. The molecule has 0 aliphatic heterocycles. The number of carbonyl (C=O) groups is 1. The van der Waals surface area contributed by atoms with E-state index >= 15 is 0 Å². The maximum Gasteiger partial charge on any atom is 0.226 e. The standard InChI is InChI=1S/C18H19ClFNO2/c1-13(14-7-9-15(19)10-8-14)21(2)18(22)11-12-23-17-6-4-3-5-16(17)20/h3-10,13H,11-12H2,1-2H3. The molecule has 0 aromatic heterocycles. The summed E-state index contributed by atoms with van der Waals surface area (Å²) in [6, 6.07) is 13.5. The maximum atomic E-state index is 13.4. The molecule has 0 saturated heterocycles. The monoisotopic (exact) mass is 335 g/mol. The molecular formula is C18H19ClFNO2. The Hall–Kier alpha value is -2.07. The predicted octanol–water partition coefficient (Wildman–Crippen LogP) is 4.47. The lowest BCUT2D eigenvalue weighted by atomic mass is 10.1. The summed E-state index contributed by atoms with van der Waals surface area (Å²) in [7, 11) is 1.74. The Bertz CT molecular complexity index is 660. The fourth-order valence-electron chi connectivity index (χ4n) is 2.17. The Labute approximate surface area is 140 Å². The van der Waals surface area contributed by atoms with E-state index in [0.29, 0.717) is 5.02 Å². The number of benzene rings is 2. The van der Waals surface area contributed by atoms with Crippen molar-refractivity contribution in [1.29, 1.82) is 0 Å². The van der Waals surface area contributed by atoms with Crippen LogP contribution in [0.4, 0.5) is 4.39 Å². The summed E-state index contributed by atoms with van der Waals surface area (Å²) >= 11 is 5.87. The lowest BCUT2D eigenvalue weighted by Gasteiger charge is -2.25. The molecule has 122 valence electrons. The second-order valence-electron chi connectivity index (χ2n) is 5.26. The van der Waals surface area contributed by atoms with Crippen LogP contribution in [0.2, 0.25) is 5.02 Å². The van der Waals surface area contributed by atoms with E-state index in [2.05, 4.69) is 0 Å². The highest BCUT2D eigenvalue weighted by Gasteiger charge is 2.17. The molecule has 1 atom stereocenters. The van der Waals surface area contributed by atoms with Crippen molar-refractivity contribution in [2.24, 2.45) is 0 Å². The van der Waals surface area contributed by atoms with Gasteiger partial charge in [0.1, 0.15) is 0 Å². The molecule has 0 spiro atoms. The molecule has 0 aliphatic carbocycles. The second-order valence-corrected chi connectivity index (χ2v) is 5.70. The fraction of sp³-hybridized carbons (Fsp3) is 0.278. The Balaban J connectivity index is 1.87. The van der Waals surface area contributed by atoms with Gasteiger partial charge in [0.05, 0.1) is 19.1 Å². The summed E-state index contributed by atoms with van der Waals surface area (Å²) < 4.78 is 18.7. The molecule has 0 heterocycles. The minimum Gasteiger partial charge on any atom is -0.490 e. The van der Waals surface area contributed by atoms with Gasteiger partial charge in [0.15, 0.2) is 11.6 Å². The lowest BCUT2D eigenvalue weighted by molar-refractivity contribution is -0.132. The summed E-state index contributed by atoms with van der Waals surface area (Å²) in [4.78, 5) is 13.9. The van der Waals surface area contributed by atoms with Crippen LogP contribution < -0.4 is 4.74 Å². The Morgan fingerprint density at radius 3 is 2.52 bits per heavy atom. The van der Waals surface area contributed by atoms with Gasteiger partial charge in [-0.1, -0.05) is 35.9 Å². The van der Waals surface area contributed by atoms with E-state index in [1.807, 2.05) is 19.1 Å². The maximum absolute atomic E-state index is 13.4. The normalized spacial score (nSPS) is 11.8. The van der Waals surface area contributed by atoms with Crippen LogP contribution in [0.25, 0.3) is 0 Å². The van der Waals surface area contributed by atoms with E-state index in [-0.39, 0.29) is 30.7 Å². The molecular weight excluding hydrogens is 317 g/mol. The average molecular weight is 336 g/mol. The molecule has 5 heteroatoms. The number of nitrogens with zero attached hydrogens (tertiary/aromatic N) is 1. The molecule has 0 N–H and O–H groups in total. The van der Waals surface area contributed by atoms with Crippen LogP contribution in [0.1, 0.15) is 24.9 Å². The van der Waals surface area contributed by atoms with Gasteiger partial charge in [0.25, 0.3) is 0 Å². The van der Waals surface area contributed by atoms with Crippen molar-refractivity contribution in [2.75, 3.05) is 13.7 Å². The van der Waals surface area contributed by atoms with Crippen molar-refractivity contribution >= 4 is 17.5 Å². The molecule has 0 saturated carbocycles. The van der Waals surface area contributed by atoms with Gasteiger partial charge in [0, 0.05) is 12.1 Å². The van der Waals surface area contributed by atoms with E-state index in [0.717, 1.165) is 5.56 Å². The van der Waals surface area contributed by atoms with Crippen LogP contribution in [-0.4, -0.2) is 24.5 Å². The number of halogens is 2. The van der Waals surface area contributed by atoms with Gasteiger partial charge in [-0.2, -0.15) is 0 Å². The zero-order valence-corrected chi connectivity index (χ0v) is 13.9. The fourth-order valence-corrected chi connectivity index (χ4v) is 2.29. The Kier molecular flexibility index (Phi) is 5.99. The SMILES string of the molecule is CC(c1ccc(Cl)cc1)N(C)C(=O)CCOc1ccccc1F. The van der Waals surface area contributed by atoms with Crippen LogP contribution in [0.5, 0.6) is 5.75 Å². The molecule has 2 aromatic carbocycles. The van der Waals surface area contributed by atoms with Gasteiger partial charge in [-0.3, -0.25) is 4.79 Å². The average Bonchev–Trinajstić information content (AvgIpc) is 2.56. The zero-order valence-electron chi connectivity index (χ0n) is 13.1. The van der Waals surface area contributed by atoms with Gasteiger partial charge < -0.3 is 9.64 Å². The van der Waals surface area contributed by atoms with E-state index in [4.69, 9.17) is 16.3 Å². The minimum absolute atomic E-state index is 0.0659. The minimum atomic E-state index is -0.428. The number of para-hydroxylation sites is 1. The van der Waals surface area contributed by atoms with Crippen LogP contribution in [0, 0.1) is 5.82 Å². The number of amides is 1. The van der Waals surface area contributed by atoms with Crippen LogP contribution in [0.15, 0.2) is 48.5 Å². The molecule has 0 bridgehead atoms. The quantitative estimate of drug-likeness (QED) is 0.779. The van der Waals surface area contributed by atoms with Crippen molar-refractivity contribution < 1.29 is 13.9 Å². The summed E-state index contributed by atoms with van der Waals surface area (Å²) in [5.74, 6) is -0.333. The highest BCUT2D eigenvalue weighted by molar-refractivity contribution is 6.30. The van der Waals surface area contributed by atoms with Gasteiger partial charge in [-0.05, 0) is 36.8 Å². The van der Waals surface area contributed by atoms with Crippen molar-refractivity contribution in [3.05, 3.63) is 64.9 Å². The summed E-state index contributed by atoms with van der Waals surface area (Å²) in [5.41, 5.74) is 1.00. The predicted molar refractivity (Wildman–Crippen MR) is 89.1 cm³/mol. The third-order valence-electron chi connectivity index (χ3n) is 3.74. The lowest BCUT2D eigenvalue weighted by Crippen LogP contribution is -2.30. The molecule has 1 amide bonds. The van der Waals surface area contributed by atoms with Crippen molar-refractivity contribution in [3.63, 3.8) is 0 Å². The van der Waals surface area contributed by atoms with E-state index in [9.17, 15) is 9.18 Å². The first-order valence-electron chi connectivity index (χ1n) is 7.37. The molecule has 0 radical (unpaired) electrons. The van der Waals surface area contributed by atoms with Gasteiger partial charge >= 0.3 is 0 Å². The van der Waals surface area contributed by atoms with Crippen LogP contribution in [-0.2, 0) is 4.79 Å². The summed E-state index contributed by atoms with van der Waals surface area (Å²) in [6.07, 6.45) is 0.183. The molecule has 1 unspecified atom stereocenters. The largest absolute Gasteiger partial charge is 0.490 e. The van der Waals surface area contributed by atoms with Crippen molar-refractivity contribution in [3.8, 4) is 5.75 Å². The number of hydrogen-bond acceptors (Lipinski definition) is 2. The third kappa shape index (κ3) is 4.70. The van der Waals surface area contributed by atoms with Crippen LogP contribution in [0.3, 0.4) is 0 Å². The first-order chi connectivity index (χ1) is 11.0. The highest BCUT2D eigenvalue weighted by Crippen LogP contribution is 2.21. The molecule has 0 aliphatic rings. The van der Waals surface area contributed by atoms with Gasteiger partial charge in [0.2, 0.25) is 5.91 Å². The summed E-state index contributed by atoms with van der Waals surface area (Å²) in [5, 5.41) is 0.660. The Morgan fingerprint density at radius 2 is 1.87 bits per heavy atom. The zero-order chi connectivity index (χ0) is 16.8. The molecule has 23 heavy (non-hydrogen) atoms. The van der Waals surface area contributed by atoms with Gasteiger partial charge in [-0.25, -0.2) is 4.39 Å². The van der Waals surface area contributed by atoms with Crippen LogP contribution >= 0.6 is 11.6 Å². The number of carbonyl (C=O) groups excluding carboxylic acids is 1.